The zero-order valence-electron chi connectivity index (χ0n) is 16.9. The predicted molar refractivity (Wildman–Crippen MR) is 119 cm³/mol. The molecule has 0 aliphatic carbocycles. The van der Waals surface area contributed by atoms with E-state index in [9.17, 15) is 9.18 Å². The van der Waals surface area contributed by atoms with Gasteiger partial charge in [-0.2, -0.15) is 0 Å². The lowest BCUT2D eigenvalue weighted by atomic mass is 9.87. The molecule has 3 aromatic carbocycles. The van der Waals surface area contributed by atoms with Crippen molar-refractivity contribution in [1.82, 2.24) is 4.98 Å². The first-order valence-electron chi connectivity index (χ1n) is 9.85. The molecule has 0 saturated carbocycles. The first-order valence-corrected chi connectivity index (χ1v) is 9.85. The predicted octanol–water partition coefficient (Wildman–Crippen LogP) is 6.59. The monoisotopic (exact) mass is 385 g/mol. The third-order valence-corrected chi connectivity index (χ3v) is 5.43. The van der Waals surface area contributed by atoms with Crippen molar-refractivity contribution in [3.63, 3.8) is 0 Å². The van der Waals surface area contributed by atoms with Gasteiger partial charge < -0.3 is 4.98 Å². The first kappa shape index (κ1) is 19.1. The van der Waals surface area contributed by atoms with Gasteiger partial charge in [0.25, 0.3) is 5.56 Å². The molecule has 29 heavy (non-hydrogen) atoms. The van der Waals surface area contributed by atoms with Gasteiger partial charge in [0.2, 0.25) is 0 Å². The average molecular weight is 385 g/mol. The van der Waals surface area contributed by atoms with Gasteiger partial charge in [0.15, 0.2) is 0 Å². The number of H-pyrrole nitrogens is 1. The van der Waals surface area contributed by atoms with Gasteiger partial charge >= 0.3 is 0 Å². The molecule has 146 valence electrons. The summed E-state index contributed by atoms with van der Waals surface area (Å²) in [5.41, 5.74) is 2.15. The second-order valence-corrected chi connectivity index (χ2v) is 7.91. The van der Waals surface area contributed by atoms with Gasteiger partial charge in [-0.15, -0.1) is 0 Å². The third kappa shape index (κ3) is 3.61. The van der Waals surface area contributed by atoms with Gasteiger partial charge in [-0.1, -0.05) is 60.7 Å². The smallest absolute Gasteiger partial charge is 0.256 e. The number of benzene rings is 3. The van der Waals surface area contributed by atoms with E-state index in [4.69, 9.17) is 0 Å². The van der Waals surface area contributed by atoms with Crippen LogP contribution in [0.2, 0.25) is 0 Å². The van der Waals surface area contributed by atoms with Crippen LogP contribution in [0.15, 0.2) is 83.7 Å². The maximum Gasteiger partial charge on any atom is 0.256 e. The van der Waals surface area contributed by atoms with Crippen LogP contribution >= 0.6 is 0 Å². The number of hydrogen-bond acceptors (Lipinski definition) is 1. The van der Waals surface area contributed by atoms with Crippen molar-refractivity contribution in [3.8, 4) is 0 Å². The van der Waals surface area contributed by atoms with E-state index in [1.54, 1.807) is 13.8 Å². The molecule has 0 spiro atoms. The Labute approximate surface area is 169 Å². The number of allylic oxidation sites excluding steroid dienone is 2. The Morgan fingerprint density at radius 2 is 1.62 bits per heavy atom. The summed E-state index contributed by atoms with van der Waals surface area (Å²) < 4.78 is 14.5. The second kappa shape index (κ2) is 7.32. The number of fused-ring (bicyclic) bond motifs is 3. The van der Waals surface area contributed by atoms with Crippen molar-refractivity contribution in [1.29, 1.82) is 0 Å². The number of rotatable bonds is 4. The minimum Gasteiger partial charge on any atom is -0.321 e. The Morgan fingerprint density at radius 3 is 2.34 bits per heavy atom. The van der Waals surface area contributed by atoms with Crippen LogP contribution < -0.4 is 5.56 Å². The van der Waals surface area contributed by atoms with Crippen LogP contribution in [0.3, 0.4) is 0 Å². The summed E-state index contributed by atoms with van der Waals surface area (Å²) in [7, 11) is 0. The fraction of sp³-hybridized carbons (Fsp3) is 0.192. The zero-order chi connectivity index (χ0) is 20.6. The number of hydrogen-bond donors (Lipinski definition) is 1. The maximum absolute atomic E-state index is 14.5. The summed E-state index contributed by atoms with van der Waals surface area (Å²) in [4.78, 5) is 15.3. The molecule has 0 saturated heterocycles. The van der Waals surface area contributed by atoms with Gasteiger partial charge in [0.05, 0.1) is 0 Å². The summed E-state index contributed by atoms with van der Waals surface area (Å²) in [6.07, 6.45) is 4.15. The van der Waals surface area contributed by atoms with Crippen LogP contribution in [0, 0.1) is 0 Å². The maximum atomic E-state index is 14.5. The van der Waals surface area contributed by atoms with Gasteiger partial charge in [0.1, 0.15) is 5.67 Å². The molecule has 3 heteroatoms. The summed E-state index contributed by atoms with van der Waals surface area (Å²) in [5, 5.41) is 2.63. The third-order valence-electron chi connectivity index (χ3n) is 5.43. The van der Waals surface area contributed by atoms with Crippen LogP contribution in [-0.4, -0.2) is 4.98 Å². The van der Waals surface area contributed by atoms with E-state index in [-0.39, 0.29) is 11.5 Å². The Morgan fingerprint density at radius 1 is 0.897 bits per heavy atom. The van der Waals surface area contributed by atoms with Gasteiger partial charge in [-0.3, -0.25) is 4.79 Å². The molecule has 0 amide bonds. The van der Waals surface area contributed by atoms with Gasteiger partial charge in [0, 0.05) is 22.2 Å². The minimum absolute atomic E-state index is 0.00242. The van der Waals surface area contributed by atoms with Crippen LogP contribution in [0.1, 0.15) is 43.4 Å². The fourth-order valence-corrected chi connectivity index (χ4v) is 3.90. The molecule has 0 aliphatic rings. The summed E-state index contributed by atoms with van der Waals surface area (Å²) in [6.45, 7) is 5.15. The van der Waals surface area contributed by atoms with Crippen molar-refractivity contribution in [2.75, 3.05) is 0 Å². The first-order chi connectivity index (χ1) is 13.9. The molecule has 4 aromatic rings. The lowest BCUT2D eigenvalue weighted by Gasteiger charge is -2.20. The molecule has 0 aliphatic heterocycles. The zero-order valence-corrected chi connectivity index (χ0v) is 16.9. The van der Waals surface area contributed by atoms with Crippen molar-refractivity contribution >= 4 is 21.7 Å². The molecule has 4 rings (SSSR count). The van der Waals surface area contributed by atoms with E-state index < -0.39 is 5.67 Å². The molecule has 2 nitrogen and oxygen atoms in total. The number of nitrogens with one attached hydrogen (secondary N) is 1. The minimum atomic E-state index is -1.39. The highest BCUT2D eigenvalue weighted by Crippen LogP contribution is 2.33. The normalized spacial score (nSPS) is 13.4. The molecule has 1 atom stereocenters. The fourth-order valence-electron chi connectivity index (χ4n) is 3.90. The van der Waals surface area contributed by atoms with E-state index in [0.717, 1.165) is 27.4 Å². The van der Waals surface area contributed by atoms with E-state index in [2.05, 4.69) is 17.1 Å². The topological polar surface area (TPSA) is 32.9 Å². The lowest BCUT2D eigenvalue weighted by molar-refractivity contribution is 0.221. The van der Waals surface area contributed by atoms with Crippen molar-refractivity contribution in [2.24, 2.45) is 0 Å². The van der Waals surface area contributed by atoms with Gasteiger partial charge in [-0.25, -0.2) is 4.39 Å². The summed E-state index contributed by atoms with van der Waals surface area (Å²) >= 11 is 0. The van der Waals surface area contributed by atoms with Crippen LogP contribution in [0.4, 0.5) is 4.39 Å². The van der Waals surface area contributed by atoms with Crippen LogP contribution in [0.25, 0.3) is 21.7 Å². The second-order valence-electron chi connectivity index (χ2n) is 7.91. The molecule has 0 radical (unpaired) electrons. The van der Waals surface area contributed by atoms with E-state index in [1.807, 2.05) is 73.7 Å². The van der Waals surface area contributed by atoms with Gasteiger partial charge in [-0.05, 0) is 61.0 Å². The molecule has 1 aromatic heterocycles. The van der Waals surface area contributed by atoms with Crippen molar-refractivity contribution < 1.29 is 4.39 Å². The average Bonchev–Trinajstić information content (AvgIpc) is 2.72. The molecule has 1 unspecified atom stereocenters. The summed E-state index contributed by atoms with van der Waals surface area (Å²) in [5.74, 6) is -0.00242. The lowest BCUT2D eigenvalue weighted by Crippen LogP contribution is -2.10. The van der Waals surface area contributed by atoms with E-state index >= 15 is 0 Å². The van der Waals surface area contributed by atoms with Crippen LogP contribution in [-0.2, 0) is 5.67 Å². The number of pyridine rings is 1. The molecule has 0 fully saturated rings. The number of halogens is 1. The molecule has 1 N–H and O–H groups in total. The standard InChI is InChI=1S/C26H24FNO/c1-4-8-20(17-9-7-10-19(15-17)26(2,3)27)18-13-14-24-23(16-18)21-11-5-6-12-22(21)25(29)28-24/h4-16,20H,1-3H3,(H,28,29)/b8-4-. The number of aromatic amines is 1. The molecule has 1 heterocycles. The molecular weight excluding hydrogens is 361 g/mol. The van der Waals surface area contributed by atoms with Crippen molar-refractivity contribution in [2.45, 2.75) is 32.4 Å². The Bertz CT molecular complexity index is 1280. The largest absolute Gasteiger partial charge is 0.321 e. The summed E-state index contributed by atoms with van der Waals surface area (Å²) in [6, 6.07) is 21.5. The van der Waals surface area contributed by atoms with E-state index in [1.165, 1.54) is 0 Å². The molecular formula is C26H24FNO. The van der Waals surface area contributed by atoms with E-state index in [0.29, 0.717) is 10.9 Å². The highest BCUT2D eigenvalue weighted by atomic mass is 19.1. The quantitative estimate of drug-likeness (QED) is 0.312. The highest BCUT2D eigenvalue weighted by molar-refractivity contribution is 6.05. The SMILES string of the molecule is C/C=C\C(c1cccc(C(C)(C)F)c1)c1ccc2[nH]c(=O)c3ccccc3c2c1. The highest BCUT2D eigenvalue weighted by Gasteiger charge is 2.21. The van der Waals surface area contributed by atoms with Crippen molar-refractivity contribution in [3.05, 3.63) is 106 Å². The van der Waals surface area contributed by atoms with Crippen LogP contribution in [0.5, 0.6) is 0 Å². The number of aromatic nitrogens is 1. The number of alkyl halides is 1. The molecule has 0 bridgehead atoms. The Kier molecular flexibility index (Phi) is 4.83. The Balaban J connectivity index is 1.92. The Hall–Kier alpha value is -3.20.